The van der Waals surface area contributed by atoms with Gasteiger partial charge in [-0.2, -0.15) is 5.10 Å². The normalized spacial score (nSPS) is 17.1. The number of rotatable bonds is 3. The van der Waals surface area contributed by atoms with Crippen LogP contribution in [0.2, 0.25) is 0 Å². The number of hydrogen-bond donors (Lipinski definition) is 1. The average molecular weight is 299 g/mol. The number of nitrogens with two attached hydrogens (primary N) is 1. The molecule has 0 aliphatic heterocycles. The number of nitrogens with zero attached hydrogens (tertiary/aromatic N) is 2. The lowest BCUT2D eigenvalue weighted by Crippen LogP contribution is -2.19. The zero-order valence-corrected chi connectivity index (χ0v) is 13.0. The van der Waals surface area contributed by atoms with E-state index in [4.69, 9.17) is 15.6 Å². The van der Waals surface area contributed by atoms with Gasteiger partial charge in [0.25, 0.3) is 0 Å². The number of esters is 1. The summed E-state index contributed by atoms with van der Waals surface area (Å²) in [6.45, 7) is 2.72. The molecule has 0 spiro atoms. The van der Waals surface area contributed by atoms with Crippen molar-refractivity contribution >= 4 is 5.97 Å². The lowest BCUT2D eigenvalue weighted by atomic mass is 9.85. The Hall–Kier alpha value is -2.14. The fourth-order valence-electron chi connectivity index (χ4n) is 3.32. The fourth-order valence-corrected chi connectivity index (χ4v) is 3.32. The molecule has 116 valence electrons. The first-order valence-corrected chi connectivity index (χ1v) is 7.63. The van der Waals surface area contributed by atoms with E-state index in [1.807, 2.05) is 23.7 Å². The molecule has 1 aromatic heterocycles. The standard InChI is InChI=1S/C17H21N3O2/c1-11-16-13(10-18)4-3-5-15(16)20(19-11)14-8-6-12(7-9-14)17(21)22-2/h6-9,13H,3-5,10,18H2,1-2H3. The number of hydrogen-bond acceptors (Lipinski definition) is 4. The van der Waals surface area contributed by atoms with Gasteiger partial charge in [0.05, 0.1) is 24.1 Å². The minimum Gasteiger partial charge on any atom is -0.465 e. The molecule has 22 heavy (non-hydrogen) atoms. The summed E-state index contributed by atoms with van der Waals surface area (Å²) in [7, 11) is 1.39. The Balaban J connectivity index is 2.01. The zero-order chi connectivity index (χ0) is 15.7. The Bertz CT molecular complexity index is 689. The van der Waals surface area contributed by atoms with Crippen molar-refractivity contribution in [1.29, 1.82) is 0 Å². The molecule has 1 aromatic carbocycles. The van der Waals surface area contributed by atoms with Crippen molar-refractivity contribution in [2.45, 2.75) is 32.1 Å². The molecule has 1 heterocycles. The molecule has 5 nitrogen and oxygen atoms in total. The molecule has 0 saturated carbocycles. The summed E-state index contributed by atoms with van der Waals surface area (Å²) in [4.78, 5) is 11.5. The van der Waals surface area contributed by atoms with Crippen LogP contribution in [0.4, 0.5) is 0 Å². The van der Waals surface area contributed by atoms with Crippen LogP contribution in [0.15, 0.2) is 24.3 Å². The van der Waals surface area contributed by atoms with Crippen LogP contribution in [0.1, 0.15) is 46.1 Å². The van der Waals surface area contributed by atoms with Crippen LogP contribution < -0.4 is 5.73 Å². The summed E-state index contributed by atoms with van der Waals surface area (Å²) < 4.78 is 6.72. The maximum absolute atomic E-state index is 11.5. The molecule has 1 aliphatic rings. The third-order valence-electron chi connectivity index (χ3n) is 4.40. The topological polar surface area (TPSA) is 70.1 Å². The quantitative estimate of drug-likeness (QED) is 0.883. The van der Waals surface area contributed by atoms with Crippen LogP contribution in [0, 0.1) is 6.92 Å². The summed E-state index contributed by atoms with van der Waals surface area (Å²) in [6, 6.07) is 7.36. The first-order chi connectivity index (χ1) is 10.7. The van der Waals surface area contributed by atoms with E-state index in [0.29, 0.717) is 18.0 Å². The average Bonchev–Trinajstić information content (AvgIpc) is 2.91. The van der Waals surface area contributed by atoms with E-state index < -0.39 is 0 Å². The molecule has 0 bridgehead atoms. The zero-order valence-electron chi connectivity index (χ0n) is 13.0. The number of benzene rings is 1. The van der Waals surface area contributed by atoms with Gasteiger partial charge < -0.3 is 10.5 Å². The van der Waals surface area contributed by atoms with Gasteiger partial charge in [-0.05, 0) is 62.9 Å². The second kappa shape index (κ2) is 5.93. The Morgan fingerprint density at radius 3 is 2.77 bits per heavy atom. The third-order valence-corrected chi connectivity index (χ3v) is 4.40. The van der Waals surface area contributed by atoms with E-state index in [9.17, 15) is 4.79 Å². The van der Waals surface area contributed by atoms with Gasteiger partial charge in [0.2, 0.25) is 0 Å². The van der Waals surface area contributed by atoms with E-state index >= 15 is 0 Å². The first kappa shape index (κ1) is 14.8. The van der Waals surface area contributed by atoms with E-state index in [1.54, 1.807) is 12.1 Å². The van der Waals surface area contributed by atoms with E-state index in [1.165, 1.54) is 18.4 Å². The molecule has 1 aliphatic carbocycles. The van der Waals surface area contributed by atoms with Crippen LogP contribution in [0.5, 0.6) is 0 Å². The van der Waals surface area contributed by atoms with E-state index in [2.05, 4.69) is 0 Å². The van der Waals surface area contributed by atoms with Crippen molar-refractivity contribution in [2.24, 2.45) is 5.73 Å². The first-order valence-electron chi connectivity index (χ1n) is 7.63. The summed E-state index contributed by atoms with van der Waals surface area (Å²) in [5.41, 5.74) is 11.1. The van der Waals surface area contributed by atoms with E-state index in [0.717, 1.165) is 30.6 Å². The van der Waals surface area contributed by atoms with Gasteiger partial charge in [0.1, 0.15) is 0 Å². The molecule has 0 saturated heterocycles. The smallest absolute Gasteiger partial charge is 0.337 e. The number of ether oxygens (including phenoxy) is 1. The van der Waals surface area contributed by atoms with Crippen LogP contribution in [-0.4, -0.2) is 29.4 Å². The molecule has 5 heteroatoms. The van der Waals surface area contributed by atoms with Crippen molar-refractivity contribution in [2.75, 3.05) is 13.7 Å². The number of methoxy groups -OCH3 is 1. The van der Waals surface area contributed by atoms with Crippen LogP contribution in [0.3, 0.4) is 0 Å². The molecule has 0 fully saturated rings. The van der Waals surface area contributed by atoms with Crippen molar-refractivity contribution < 1.29 is 9.53 Å². The molecule has 3 rings (SSSR count). The number of aromatic nitrogens is 2. The fraction of sp³-hybridized carbons (Fsp3) is 0.412. The monoisotopic (exact) mass is 299 g/mol. The molecular formula is C17H21N3O2. The largest absolute Gasteiger partial charge is 0.465 e. The van der Waals surface area contributed by atoms with Gasteiger partial charge in [-0.15, -0.1) is 0 Å². The number of carbonyl (C=O) groups is 1. The molecule has 2 aromatic rings. The number of fused-ring (bicyclic) bond motifs is 1. The molecule has 2 N–H and O–H groups in total. The molecule has 0 radical (unpaired) electrons. The maximum Gasteiger partial charge on any atom is 0.337 e. The van der Waals surface area contributed by atoms with Gasteiger partial charge in [0, 0.05) is 11.3 Å². The van der Waals surface area contributed by atoms with Crippen molar-refractivity contribution in [3.63, 3.8) is 0 Å². The second-order valence-corrected chi connectivity index (χ2v) is 5.72. The highest BCUT2D eigenvalue weighted by Gasteiger charge is 2.26. The maximum atomic E-state index is 11.5. The lowest BCUT2D eigenvalue weighted by molar-refractivity contribution is 0.0601. The second-order valence-electron chi connectivity index (χ2n) is 5.72. The number of carbonyl (C=O) groups excluding carboxylic acids is 1. The van der Waals surface area contributed by atoms with Crippen molar-refractivity contribution in [3.05, 3.63) is 46.8 Å². The van der Waals surface area contributed by atoms with Crippen LogP contribution >= 0.6 is 0 Å². The highest BCUT2D eigenvalue weighted by molar-refractivity contribution is 5.89. The van der Waals surface area contributed by atoms with Gasteiger partial charge in [-0.25, -0.2) is 9.48 Å². The predicted molar refractivity (Wildman–Crippen MR) is 84.4 cm³/mol. The molecule has 0 amide bonds. The van der Waals surface area contributed by atoms with Crippen LogP contribution in [-0.2, 0) is 11.2 Å². The summed E-state index contributed by atoms with van der Waals surface area (Å²) in [5, 5.41) is 4.70. The lowest BCUT2D eigenvalue weighted by Gasteiger charge is -2.22. The third kappa shape index (κ3) is 2.41. The Morgan fingerprint density at radius 2 is 2.14 bits per heavy atom. The van der Waals surface area contributed by atoms with Gasteiger partial charge in [0.15, 0.2) is 0 Å². The van der Waals surface area contributed by atoms with Gasteiger partial charge in [-0.3, -0.25) is 0 Å². The molecular weight excluding hydrogens is 278 g/mol. The van der Waals surface area contributed by atoms with Crippen LogP contribution in [0.25, 0.3) is 5.69 Å². The summed E-state index contributed by atoms with van der Waals surface area (Å²) in [6.07, 6.45) is 3.29. The highest BCUT2D eigenvalue weighted by atomic mass is 16.5. The highest BCUT2D eigenvalue weighted by Crippen LogP contribution is 2.34. The predicted octanol–water partition coefficient (Wildman–Crippen LogP) is 2.35. The van der Waals surface area contributed by atoms with E-state index in [-0.39, 0.29) is 5.97 Å². The Kier molecular flexibility index (Phi) is 3.98. The number of aryl methyl sites for hydroxylation is 1. The Labute approximate surface area is 130 Å². The minimum absolute atomic E-state index is 0.326. The SMILES string of the molecule is COC(=O)c1ccc(-n2nc(C)c3c2CCCC3CN)cc1. The molecule has 1 atom stereocenters. The summed E-state index contributed by atoms with van der Waals surface area (Å²) >= 11 is 0. The summed E-state index contributed by atoms with van der Waals surface area (Å²) in [5.74, 6) is 0.0836. The van der Waals surface area contributed by atoms with Gasteiger partial charge in [-0.1, -0.05) is 0 Å². The van der Waals surface area contributed by atoms with Crippen molar-refractivity contribution in [3.8, 4) is 5.69 Å². The van der Waals surface area contributed by atoms with Gasteiger partial charge >= 0.3 is 5.97 Å². The molecule has 1 unspecified atom stereocenters. The Morgan fingerprint density at radius 1 is 1.41 bits per heavy atom. The minimum atomic E-state index is -0.326. The van der Waals surface area contributed by atoms with Crippen molar-refractivity contribution in [1.82, 2.24) is 9.78 Å².